The molecule has 1 aromatic rings. The lowest BCUT2D eigenvalue weighted by atomic mass is 10.3. The molecule has 10 heteroatoms. The van der Waals surface area contributed by atoms with Crippen LogP contribution in [0, 0.1) is 0 Å². The lowest BCUT2D eigenvalue weighted by molar-refractivity contribution is 0.155. The number of rotatable bonds is 5. The summed E-state index contributed by atoms with van der Waals surface area (Å²) in [6.45, 7) is 7.63. The minimum Gasteiger partial charge on any atom is -0.424 e. The van der Waals surface area contributed by atoms with E-state index in [1.54, 1.807) is 8.61 Å². The molecule has 2 fully saturated rings. The van der Waals surface area contributed by atoms with E-state index in [0.29, 0.717) is 57.6 Å². The number of piperazine rings is 2. The number of nitrogens with zero attached hydrogens (tertiary/aromatic N) is 6. The summed E-state index contributed by atoms with van der Waals surface area (Å²) in [7, 11) is -1.32. The molecule has 0 radical (unpaired) electrons. The molecule has 0 spiro atoms. The molecule has 2 aliphatic rings. The van der Waals surface area contributed by atoms with E-state index in [-0.39, 0.29) is 0 Å². The zero-order valence-electron chi connectivity index (χ0n) is 14.4. The van der Waals surface area contributed by atoms with Gasteiger partial charge in [0.05, 0.1) is 6.54 Å². The van der Waals surface area contributed by atoms with Crippen LogP contribution >= 0.6 is 0 Å². The average Bonchev–Trinajstić information content (AvgIpc) is 3.03. The molecule has 1 aromatic heterocycles. The molecule has 3 heterocycles. The summed E-state index contributed by atoms with van der Waals surface area (Å²) in [6.07, 6.45) is 0.726. The molecular weight excluding hydrogens is 332 g/mol. The molecule has 2 saturated heterocycles. The molecule has 0 amide bonds. The van der Waals surface area contributed by atoms with Crippen LogP contribution in [-0.4, -0.2) is 96.4 Å². The minimum atomic E-state index is -3.34. The van der Waals surface area contributed by atoms with Crippen molar-refractivity contribution in [3.05, 3.63) is 11.8 Å². The zero-order valence-corrected chi connectivity index (χ0v) is 15.2. The Morgan fingerprint density at radius 3 is 2.00 bits per heavy atom. The van der Waals surface area contributed by atoms with Crippen LogP contribution in [0.25, 0.3) is 0 Å². The molecular formula is C14H26N6O3S. The van der Waals surface area contributed by atoms with Crippen LogP contribution in [0.3, 0.4) is 0 Å². The van der Waals surface area contributed by atoms with Gasteiger partial charge in [0.2, 0.25) is 11.8 Å². The quantitative estimate of drug-likeness (QED) is 0.684. The van der Waals surface area contributed by atoms with Gasteiger partial charge in [-0.05, 0) is 7.05 Å². The van der Waals surface area contributed by atoms with Crippen LogP contribution < -0.4 is 0 Å². The van der Waals surface area contributed by atoms with E-state index in [4.69, 9.17) is 4.42 Å². The highest BCUT2D eigenvalue weighted by molar-refractivity contribution is 7.86. The first kappa shape index (κ1) is 17.7. The van der Waals surface area contributed by atoms with Crippen molar-refractivity contribution < 1.29 is 12.8 Å². The van der Waals surface area contributed by atoms with Crippen molar-refractivity contribution in [1.82, 2.24) is 28.6 Å². The molecule has 24 heavy (non-hydrogen) atoms. The molecule has 3 rings (SSSR count). The van der Waals surface area contributed by atoms with Gasteiger partial charge >= 0.3 is 0 Å². The van der Waals surface area contributed by atoms with Crippen LogP contribution in [-0.2, 0) is 23.2 Å². The Morgan fingerprint density at radius 1 is 0.917 bits per heavy atom. The summed E-state index contributed by atoms with van der Waals surface area (Å²) in [5.41, 5.74) is 0. The number of hydrogen-bond acceptors (Lipinski definition) is 7. The maximum Gasteiger partial charge on any atom is 0.282 e. The molecule has 2 aliphatic heterocycles. The van der Waals surface area contributed by atoms with E-state index < -0.39 is 10.2 Å². The van der Waals surface area contributed by atoms with Gasteiger partial charge in [0.1, 0.15) is 0 Å². The van der Waals surface area contributed by atoms with E-state index in [2.05, 4.69) is 20.0 Å². The monoisotopic (exact) mass is 358 g/mol. The van der Waals surface area contributed by atoms with Gasteiger partial charge in [-0.2, -0.15) is 17.0 Å². The second-order valence-corrected chi connectivity index (χ2v) is 8.26. The predicted octanol–water partition coefficient (Wildman–Crippen LogP) is -0.758. The first-order chi connectivity index (χ1) is 11.5. The van der Waals surface area contributed by atoms with Gasteiger partial charge in [0, 0.05) is 58.8 Å². The van der Waals surface area contributed by atoms with E-state index >= 15 is 0 Å². The molecule has 136 valence electrons. The average molecular weight is 358 g/mol. The SMILES string of the molecule is CCc1nnc(CN2CCN(S(=O)(=O)N3CCN(C)CC3)CC2)o1. The largest absolute Gasteiger partial charge is 0.424 e. The van der Waals surface area contributed by atoms with Crippen molar-refractivity contribution in [1.29, 1.82) is 0 Å². The fraction of sp³-hybridized carbons (Fsp3) is 0.857. The smallest absolute Gasteiger partial charge is 0.282 e. The summed E-state index contributed by atoms with van der Waals surface area (Å²) in [6, 6.07) is 0. The number of hydrogen-bond donors (Lipinski definition) is 0. The van der Waals surface area contributed by atoms with Gasteiger partial charge in [-0.1, -0.05) is 6.92 Å². The molecule has 0 saturated carbocycles. The molecule has 0 unspecified atom stereocenters. The third kappa shape index (κ3) is 3.94. The molecule has 0 atom stereocenters. The Hall–Kier alpha value is -1.07. The topological polar surface area (TPSA) is 86.0 Å². The predicted molar refractivity (Wildman–Crippen MR) is 88.5 cm³/mol. The highest BCUT2D eigenvalue weighted by atomic mass is 32.2. The summed E-state index contributed by atoms with van der Waals surface area (Å²) in [4.78, 5) is 4.31. The molecule has 0 aromatic carbocycles. The number of aryl methyl sites for hydroxylation is 1. The number of aromatic nitrogens is 2. The van der Waals surface area contributed by atoms with Crippen molar-refractivity contribution in [2.24, 2.45) is 0 Å². The maximum absolute atomic E-state index is 12.7. The number of likely N-dealkylation sites (N-methyl/N-ethyl adjacent to an activating group) is 1. The van der Waals surface area contributed by atoms with E-state index in [0.717, 1.165) is 19.5 Å². The van der Waals surface area contributed by atoms with Crippen LogP contribution in [0.1, 0.15) is 18.7 Å². The van der Waals surface area contributed by atoms with Crippen LogP contribution in [0.5, 0.6) is 0 Å². The summed E-state index contributed by atoms with van der Waals surface area (Å²) in [5, 5.41) is 7.99. The Balaban J connectivity index is 1.52. The van der Waals surface area contributed by atoms with Crippen LogP contribution in [0.2, 0.25) is 0 Å². The van der Waals surface area contributed by atoms with Gasteiger partial charge < -0.3 is 9.32 Å². The molecule has 0 bridgehead atoms. The second kappa shape index (κ2) is 7.44. The van der Waals surface area contributed by atoms with E-state index in [1.165, 1.54) is 0 Å². The minimum absolute atomic E-state index is 0.503. The summed E-state index contributed by atoms with van der Waals surface area (Å²) in [5.74, 6) is 1.24. The maximum atomic E-state index is 12.7. The highest BCUT2D eigenvalue weighted by Gasteiger charge is 2.33. The fourth-order valence-electron chi connectivity index (χ4n) is 2.99. The lowest BCUT2D eigenvalue weighted by Gasteiger charge is -2.38. The third-order valence-electron chi connectivity index (χ3n) is 4.62. The van der Waals surface area contributed by atoms with Gasteiger partial charge in [-0.25, -0.2) is 0 Å². The standard InChI is InChI=1S/C14H26N6O3S/c1-3-13-15-16-14(23-13)12-18-6-10-20(11-7-18)24(21,22)19-8-4-17(2)5-9-19/h3-12H2,1-2H3. The van der Waals surface area contributed by atoms with Crippen molar-refractivity contribution in [2.45, 2.75) is 19.9 Å². The summed E-state index contributed by atoms with van der Waals surface area (Å²) >= 11 is 0. The molecule has 0 aliphatic carbocycles. The first-order valence-corrected chi connectivity index (χ1v) is 9.86. The van der Waals surface area contributed by atoms with Crippen molar-refractivity contribution in [3.63, 3.8) is 0 Å². The van der Waals surface area contributed by atoms with E-state index in [1.807, 2.05) is 14.0 Å². The van der Waals surface area contributed by atoms with Gasteiger partial charge in [-0.3, -0.25) is 4.90 Å². The van der Waals surface area contributed by atoms with Gasteiger partial charge in [-0.15, -0.1) is 10.2 Å². The second-order valence-electron chi connectivity index (χ2n) is 6.33. The van der Waals surface area contributed by atoms with Crippen molar-refractivity contribution in [2.75, 3.05) is 59.4 Å². The normalized spacial score (nSPS) is 22.9. The van der Waals surface area contributed by atoms with Crippen LogP contribution in [0.4, 0.5) is 0 Å². The zero-order chi connectivity index (χ0) is 17.2. The Morgan fingerprint density at radius 2 is 1.46 bits per heavy atom. The van der Waals surface area contributed by atoms with Gasteiger partial charge in [0.25, 0.3) is 10.2 Å². The Bertz CT molecular complexity index is 633. The first-order valence-electron chi connectivity index (χ1n) is 8.46. The van der Waals surface area contributed by atoms with Crippen LogP contribution in [0.15, 0.2) is 4.42 Å². The van der Waals surface area contributed by atoms with Gasteiger partial charge in [0.15, 0.2) is 0 Å². The summed E-state index contributed by atoms with van der Waals surface area (Å²) < 4.78 is 34.2. The van der Waals surface area contributed by atoms with Crippen molar-refractivity contribution in [3.8, 4) is 0 Å². The van der Waals surface area contributed by atoms with Crippen molar-refractivity contribution >= 4 is 10.2 Å². The molecule has 9 nitrogen and oxygen atoms in total. The third-order valence-corrected chi connectivity index (χ3v) is 6.65. The van der Waals surface area contributed by atoms with E-state index in [9.17, 15) is 8.42 Å². The Labute approximate surface area is 143 Å². The highest BCUT2D eigenvalue weighted by Crippen LogP contribution is 2.15. The Kier molecular flexibility index (Phi) is 5.50. The lowest BCUT2D eigenvalue weighted by Crippen LogP contribution is -2.56. The molecule has 0 N–H and O–H groups in total. The fourth-order valence-corrected chi connectivity index (χ4v) is 4.56.